The quantitative estimate of drug-likeness (QED) is 0.751. The molecule has 1 atom stereocenters. The van der Waals surface area contributed by atoms with Gasteiger partial charge < -0.3 is 10.4 Å². The van der Waals surface area contributed by atoms with Crippen LogP contribution in [0.5, 0.6) is 0 Å². The molecule has 0 aromatic carbocycles. The van der Waals surface area contributed by atoms with Crippen molar-refractivity contribution in [3.8, 4) is 0 Å². The topological polar surface area (TPSA) is 38.0 Å². The zero-order valence-corrected chi connectivity index (χ0v) is 12.7. The Morgan fingerprint density at radius 3 is 1.71 bits per heavy atom. The summed E-state index contributed by atoms with van der Waals surface area (Å²) in [5.41, 5.74) is 1.70. The predicted octanol–water partition coefficient (Wildman–Crippen LogP) is 3.66. The van der Waals surface area contributed by atoms with Gasteiger partial charge in [-0.15, -0.1) is 0 Å². The molecule has 3 N–H and O–H groups in total. The molecule has 1 unspecified atom stereocenters. The maximum atomic E-state index is 7.01. The summed E-state index contributed by atoms with van der Waals surface area (Å²) in [4.78, 5) is 3.88. The highest BCUT2D eigenvalue weighted by atomic mass is 28.3. The zero-order valence-electron chi connectivity index (χ0n) is 11.7. The summed E-state index contributed by atoms with van der Waals surface area (Å²) in [6.45, 7) is 4.54. The summed E-state index contributed by atoms with van der Waals surface area (Å²) in [6.07, 6.45) is 12.7. The lowest BCUT2D eigenvalue weighted by molar-refractivity contribution is 0.471. The summed E-state index contributed by atoms with van der Waals surface area (Å²) < 4.78 is 0. The van der Waals surface area contributed by atoms with Gasteiger partial charge in [-0.05, 0) is 17.1 Å². The van der Waals surface area contributed by atoms with Gasteiger partial charge in [0, 0.05) is 0 Å². The van der Waals surface area contributed by atoms with Crippen LogP contribution in [0.15, 0.2) is 0 Å². The van der Waals surface area contributed by atoms with Crippen LogP contribution in [0.4, 0.5) is 0 Å². The Labute approximate surface area is 108 Å². The number of hydrogen-bond acceptors (Lipinski definition) is 2. The van der Waals surface area contributed by atoms with Crippen LogP contribution in [0, 0.1) is 0 Å². The fourth-order valence-corrected chi connectivity index (χ4v) is 8.92. The number of nitrogens with two attached hydrogens (primary N) is 1. The van der Waals surface area contributed by atoms with Crippen LogP contribution in [0.1, 0.15) is 71.6 Å². The molecule has 3 heteroatoms. The highest BCUT2D eigenvalue weighted by molar-refractivity contribution is 6.77. The lowest BCUT2D eigenvalue weighted by Crippen LogP contribution is -2.67. The minimum Gasteiger partial charge on any atom is -0.339 e. The van der Waals surface area contributed by atoms with Gasteiger partial charge in [-0.1, -0.05) is 71.6 Å². The molecule has 0 bridgehead atoms. The molecule has 2 nitrogen and oxygen atoms in total. The maximum Gasteiger partial charge on any atom is 0.205 e. The van der Waals surface area contributed by atoms with Crippen LogP contribution in [-0.2, 0) is 0 Å². The van der Waals surface area contributed by atoms with E-state index < -0.39 is 8.40 Å². The van der Waals surface area contributed by atoms with Crippen molar-refractivity contribution in [1.29, 1.82) is 0 Å². The molecule has 100 valence electrons. The Kier molecular flexibility index (Phi) is 4.67. The van der Waals surface area contributed by atoms with Crippen molar-refractivity contribution < 1.29 is 0 Å². The molecule has 17 heavy (non-hydrogen) atoms. The van der Waals surface area contributed by atoms with Crippen molar-refractivity contribution in [2.75, 3.05) is 0 Å². The molecule has 0 heterocycles. The van der Waals surface area contributed by atoms with Gasteiger partial charge in [0.2, 0.25) is 8.40 Å². The Morgan fingerprint density at radius 2 is 1.29 bits per heavy atom. The Hall–Kier alpha value is 0.137. The third kappa shape index (κ3) is 3.12. The molecule has 0 aromatic rings. The number of hydrogen-bond donors (Lipinski definition) is 2. The number of rotatable bonds is 4. The van der Waals surface area contributed by atoms with Crippen LogP contribution < -0.4 is 10.4 Å². The van der Waals surface area contributed by atoms with Gasteiger partial charge in [0.05, 0.1) is 0 Å². The molecule has 2 aliphatic carbocycles. The third-order valence-electron chi connectivity index (χ3n) is 4.85. The van der Waals surface area contributed by atoms with Gasteiger partial charge in [-0.2, -0.15) is 0 Å². The first-order valence-corrected chi connectivity index (χ1v) is 9.92. The lowest BCUT2D eigenvalue weighted by atomic mass is 10.0. The maximum absolute atomic E-state index is 7.01. The SMILES string of the molecule is CC(C)N[Si](N)(C1CCCCC1)C1CCCC1. The highest BCUT2D eigenvalue weighted by Gasteiger charge is 2.46. The van der Waals surface area contributed by atoms with Crippen LogP contribution in [0.3, 0.4) is 0 Å². The molecule has 0 amide bonds. The predicted molar refractivity (Wildman–Crippen MR) is 77.3 cm³/mol. The molecule has 0 aromatic heterocycles. The first-order chi connectivity index (χ1) is 8.13. The van der Waals surface area contributed by atoms with E-state index in [4.69, 9.17) is 5.40 Å². The van der Waals surface area contributed by atoms with E-state index in [2.05, 4.69) is 18.8 Å². The molecule has 0 aliphatic heterocycles. The summed E-state index contributed by atoms with van der Waals surface area (Å²) in [5, 5.41) is 7.01. The first kappa shape index (κ1) is 13.6. The van der Waals surface area contributed by atoms with E-state index in [1.165, 1.54) is 57.8 Å². The average Bonchev–Trinajstić information content (AvgIpc) is 2.83. The van der Waals surface area contributed by atoms with Crippen LogP contribution in [0.2, 0.25) is 11.1 Å². The monoisotopic (exact) mass is 254 g/mol. The van der Waals surface area contributed by atoms with Gasteiger partial charge in [-0.25, -0.2) is 0 Å². The smallest absolute Gasteiger partial charge is 0.205 e. The van der Waals surface area contributed by atoms with Crippen molar-refractivity contribution in [2.24, 2.45) is 5.40 Å². The average molecular weight is 254 g/mol. The van der Waals surface area contributed by atoms with Crippen molar-refractivity contribution in [1.82, 2.24) is 4.98 Å². The molecular formula is C14H30N2Si. The molecule has 2 aliphatic rings. The number of nitrogens with one attached hydrogen (secondary N) is 1. The molecular weight excluding hydrogens is 224 g/mol. The summed E-state index contributed by atoms with van der Waals surface area (Å²) in [7, 11) is -1.73. The van der Waals surface area contributed by atoms with E-state index >= 15 is 0 Å². The van der Waals surface area contributed by atoms with Crippen LogP contribution >= 0.6 is 0 Å². The molecule has 2 fully saturated rings. The van der Waals surface area contributed by atoms with Crippen LogP contribution in [0.25, 0.3) is 0 Å². The molecule has 0 spiro atoms. The molecule has 2 rings (SSSR count). The Morgan fingerprint density at radius 1 is 0.882 bits per heavy atom. The van der Waals surface area contributed by atoms with Crippen LogP contribution in [-0.4, -0.2) is 14.4 Å². The highest BCUT2D eigenvalue weighted by Crippen LogP contribution is 2.45. The first-order valence-electron chi connectivity index (χ1n) is 7.69. The van der Waals surface area contributed by atoms with E-state index in [0.29, 0.717) is 6.04 Å². The van der Waals surface area contributed by atoms with E-state index in [-0.39, 0.29) is 0 Å². The Balaban J connectivity index is 2.09. The van der Waals surface area contributed by atoms with E-state index in [1.807, 2.05) is 0 Å². The van der Waals surface area contributed by atoms with E-state index in [1.54, 1.807) is 0 Å². The van der Waals surface area contributed by atoms with Crippen molar-refractivity contribution in [3.63, 3.8) is 0 Å². The van der Waals surface area contributed by atoms with Gasteiger partial charge >= 0.3 is 0 Å². The van der Waals surface area contributed by atoms with E-state index in [9.17, 15) is 0 Å². The summed E-state index contributed by atoms with van der Waals surface area (Å²) >= 11 is 0. The second-order valence-corrected chi connectivity index (χ2v) is 10.3. The van der Waals surface area contributed by atoms with Crippen molar-refractivity contribution in [2.45, 2.75) is 88.8 Å². The second-order valence-electron chi connectivity index (χ2n) is 6.55. The molecule has 0 radical (unpaired) electrons. The summed E-state index contributed by atoms with van der Waals surface area (Å²) in [6, 6.07) is 0.564. The lowest BCUT2D eigenvalue weighted by Gasteiger charge is -2.43. The largest absolute Gasteiger partial charge is 0.339 e. The minimum absolute atomic E-state index is 0.564. The molecule has 0 saturated heterocycles. The minimum atomic E-state index is -1.73. The molecule has 2 saturated carbocycles. The normalized spacial score (nSPS) is 27.5. The Bertz CT molecular complexity index is 232. The second kappa shape index (κ2) is 5.85. The van der Waals surface area contributed by atoms with Gasteiger partial charge in [-0.3, -0.25) is 0 Å². The fourth-order valence-electron chi connectivity index (χ4n) is 4.05. The summed E-state index contributed by atoms with van der Waals surface area (Å²) in [5.74, 6) is 0. The van der Waals surface area contributed by atoms with E-state index in [0.717, 1.165) is 11.1 Å². The standard InChI is InChI=1S/C14H30N2Si/c1-12(2)16-17(15,14-10-6-7-11-14)13-8-4-3-5-9-13/h12-14,16H,3-11,15H2,1-2H3. The van der Waals surface area contributed by atoms with Gasteiger partial charge in [0.15, 0.2) is 0 Å². The third-order valence-corrected chi connectivity index (χ3v) is 9.78. The van der Waals surface area contributed by atoms with Crippen molar-refractivity contribution >= 4 is 8.40 Å². The zero-order chi connectivity index (χ0) is 12.3. The van der Waals surface area contributed by atoms with Gasteiger partial charge in [0.25, 0.3) is 0 Å². The fraction of sp³-hybridized carbons (Fsp3) is 1.00. The van der Waals surface area contributed by atoms with Gasteiger partial charge in [0.1, 0.15) is 0 Å². The van der Waals surface area contributed by atoms with Crippen molar-refractivity contribution in [3.05, 3.63) is 0 Å².